The number of H-pyrrole nitrogens is 1. The maximum Gasteiger partial charge on any atom is 0.236 e. The van der Waals surface area contributed by atoms with Gasteiger partial charge < -0.3 is 14.6 Å². The molecule has 7 heteroatoms. The van der Waals surface area contributed by atoms with Crippen LogP contribution in [0.5, 0.6) is 0 Å². The monoisotopic (exact) mass is 527 g/mol. The normalized spacial score (nSPS) is 25.6. The number of likely N-dealkylation sites (tertiary alicyclic amines) is 1. The summed E-state index contributed by atoms with van der Waals surface area (Å²) >= 11 is 0. The largest absolute Gasteiger partial charge is 0.378 e. The van der Waals surface area contributed by atoms with Gasteiger partial charge in [-0.2, -0.15) is 0 Å². The summed E-state index contributed by atoms with van der Waals surface area (Å²) in [6, 6.07) is 7.24. The van der Waals surface area contributed by atoms with Crippen molar-refractivity contribution >= 4 is 34.4 Å². The van der Waals surface area contributed by atoms with E-state index in [1.165, 1.54) is 38.9 Å². The van der Waals surface area contributed by atoms with E-state index >= 15 is 0 Å². The number of nitrogens with zero attached hydrogens (tertiary/aromatic N) is 4. The number of aromatic amines is 1. The van der Waals surface area contributed by atoms with Gasteiger partial charge in [0, 0.05) is 29.7 Å². The van der Waals surface area contributed by atoms with Crippen LogP contribution in [0.3, 0.4) is 0 Å². The topological polar surface area (TPSA) is 73.3 Å². The van der Waals surface area contributed by atoms with Crippen LogP contribution >= 0.6 is 0 Å². The Morgan fingerprint density at radius 2 is 1.92 bits per heavy atom. The molecule has 0 spiro atoms. The quantitative estimate of drug-likeness (QED) is 0.573. The van der Waals surface area contributed by atoms with E-state index in [4.69, 9.17) is 4.74 Å². The molecule has 1 aromatic carbocycles. The van der Waals surface area contributed by atoms with Crippen LogP contribution in [0.25, 0.3) is 16.5 Å². The summed E-state index contributed by atoms with van der Waals surface area (Å²) in [6.45, 7) is 12.0. The Morgan fingerprint density at radius 1 is 1.13 bits per heavy atom. The molecule has 1 amide bonds. The molecule has 1 atom stereocenters. The molecule has 4 aliphatic rings. The number of amides is 1. The summed E-state index contributed by atoms with van der Waals surface area (Å²) < 4.78 is 5.40. The van der Waals surface area contributed by atoms with Crippen LogP contribution in [0, 0.1) is 0 Å². The molecular formula is C32H41N5O2. The Balaban J connectivity index is 1.20. The van der Waals surface area contributed by atoms with Crippen LogP contribution in [0.15, 0.2) is 45.9 Å². The van der Waals surface area contributed by atoms with Gasteiger partial charge >= 0.3 is 0 Å². The fourth-order valence-corrected chi connectivity index (χ4v) is 6.69. The first-order valence-corrected chi connectivity index (χ1v) is 14.7. The third-order valence-electron chi connectivity index (χ3n) is 8.85. The Labute approximate surface area is 231 Å². The van der Waals surface area contributed by atoms with E-state index in [1.807, 2.05) is 4.90 Å². The van der Waals surface area contributed by atoms with Gasteiger partial charge in [-0.05, 0) is 98.0 Å². The molecule has 4 heterocycles. The first-order valence-electron chi connectivity index (χ1n) is 14.7. The SMILES string of the molecule is C/C1=C/C(c2[nH]c3ccc(C4CCN(CC(=O)N5CCOCC5)CC4)cc3c2C(C)C)=C\CCC2N=CN=C12. The molecule has 0 bridgehead atoms. The summed E-state index contributed by atoms with van der Waals surface area (Å²) in [5.74, 6) is 1.18. The van der Waals surface area contributed by atoms with Gasteiger partial charge in [-0.3, -0.25) is 14.7 Å². The van der Waals surface area contributed by atoms with Crippen LogP contribution in [0.1, 0.15) is 75.1 Å². The van der Waals surface area contributed by atoms with E-state index in [2.05, 4.69) is 71.0 Å². The molecule has 1 N–H and O–H groups in total. The molecule has 0 saturated carbocycles. The van der Waals surface area contributed by atoms with Gasteiger partial charge in [0.25, 0.3) is 0 Å². The predicted octanol–water partition coefficient (Wildman–Crippen LogP) is 5.30. The minimum atomic E-state index is 0.206. The first-order chi connectivity index (χ1) is 19.0. The Morgan fingerprint density at radius 3 is 2.69 bits per heavy atom. The number of aromatic nitrogens is 1. The van der Waals surface area contributed by atoms with E-state index in [0.717, 1.165) is 57.6 Å². The highest BCUT2D eigenvalue weighted by molar-refractivity contribution is 6.11. The van der Waals surface area contributed by atoms with Gasteiger partial charge in [-0.25, -0.2) is 4.99 Å². The predicted molar refractivity (Wildman–Crippen MR) is 159 cm³/mol. The van der Waals surface area contributed by atoms with E-state index in [1.54, 1.807) is 6.34 Å². The number of morpholine rings is 1. The second kappa shape index (κ2) is 11.2. The standard InChI is InChI=1S/C32H41N5O2/c1-21(2)30-26-18-24(23-9-11-36(12-10-23)19-29(38)37-13-15-39-16-14-37)7-8-27(26)35-32(30)25-5-4-6-28-31(22(3)17-25)34-20-33-28/h5,7-8,17-18,20-21,23,28,35H,4,6,9-16,19H2,1-3H3/b22-17-,25-5+. The maximum absolute atomic E-state index is 12.7. The first kappa shape index (κ1) is 26.2. The summed E-state index contributed by atoms with van der Waals surface area (Å²) in [7, 11) is 0. The highest BCUT2D eigenvalue weighted by Gasteiger charge is 2.27. The van der Waals surface area contributed by atoms with E-state index in [9.17, 15) is 4.79 Å². The van der Waals surface area contributed by atoms with Gasteiger partial charge in [0.2, 0.25) is 5.91 Å². The number of benzene rings is 1. The number of aliphatic imine (C=N–C) groups is 2. The van der Waals surface area contributed by atoms with Crippen LogP contribution in [0.2, 0.25) is 0 Å². The summed E-state index contributed by atoms with van der Waals surface area (Å²) in [6.07, 6.45) is 10.6. The fraction of sp³-hybridized carbons (Fsp3) is 0.531. The molecule has 2 fully saturated rings. The van der Waals surface area contributed by atoms with Crippen LogP contribution < -0.4 is 0 Å². The van der Waals surface area contributed by atoms with Gasteiger partial charge in [0.15, 0.2) is 0 Å². The van der Waals surface area contributed by atoms with Crippen LogP contribution in [-0.2, 0) is 9.53 Å². The Hall–Kier alpha value is -3.03. The second-order valence-corrected chi connectivity index (χ2v) is 11.8. The lowest BCUT2D eigenvalue weighted by Gasteiger charge is -2.34. The number of fused-ring (bicyclic) bond motifs is 2. The lowest BCUT2D eigenvalue weighted by molar-refractivity contribution is -0.136. The van der Waals surface area contributed by atoms with Crippen LogP contribution in [-0.4, -0.2) is 84.7 Å². The van der Waals surface area contributed by atoms with E-state index < -0.39 is 0 Å². The van der Waals surface area contributed by atoms with Crippen molar-refractivity contribution < 1.29 is 9.53 Å². The van der Waals surface area contributed by atoms with Gasteiger partial charge in [-0.15, -0.1) is 0 Å². The molecule has 1 aromatic heterocycles. The number of ether oxygens (including phenoxy) is 1. The number of hydrogen-bond acceptors (Lipinski definition) is 5. The molecule has 7 nitrogen and oxygen atoms in total. The smallest absolute Gasteiger partial charge is 0.236 e. The Bertz CT molecular complexity index is 1350. The number of nitrogens with one attached hydrogen (secondary N) is 1. The lowest BCUT2D eigenvalue weighted by atomic mass is 9.87. The zero-order chi connectivity index (χ0) is 26.9. The van der Waals surface area contributed by atoms with Crippen molar-refractivity contribution in [3.8, 4) is 0 Å². The third-order valence-corrected chi connectivity index (χ3v) is 8.85. The minimum absolute atomic E-state index is 0.206. The van der Waals surface area contributed by atoms with Crippen LogP contribution in [0.4, 0.5) is 0 Å². The van der Waals surface area contributed by atoms with Crippen molar-refractivity contribution in [2.45, 2.75) is 64.3 Å². The van der Waals surface area contributed by atoms with E-state index in [-0.39, 0.29) is 11.9 Å². The zero-order valence-electron chi connectivity index (χ0n) is 23.6. The molecule has 2 saturated heterocycles. The maximum atomic E-state index is 12.7. The number of carbonyl (C=O) groups excluding carboxylic acids is 1. The van der Waals surface area contributed by atoms with Crippen molar-refractivity contribution in [3.05, 3.63) is 52.7 Å². The van der Waals surface area contributed by atoms with Crippen molar-refractivity contribution in [2.24, 2.45) is 9.98 Å². The molecule has 1 aliphatic carbocycles. The average Bonchev–Trinajstić information content (AvgIpc) is 3.56. The molecule has 0 radical (unpaired) electrons. The highest BCUT2D eigenvalue weighted by Crippen LogP contribution is 2.38. The van der Waals surface area contributed by atoms with Gasteiger partial charge in [0.1, 0.15) is 6.34 Å². The fourth-order valence-electron chi connectivity index (χ4n) is 6.69. The lowest BCUT2D eigenvalue weighted by Crippen LogP contribution is -2.47. The van der Waals surface area contributed by atoms with Gasteiger partial charge in [-0.1, -0.05) is 26.0 Å². The summed E-state index contributed by atoms with van der Waals surface area (Å²) in [5, 5.41) is 1.34. The summed E-state index contributed by atoms with van der Waals surface area (Å²) in [4.78, 5) is 29.9. The number of allylic oxidation sites excluding steroid dienone is 3. The average molecular weight is 528 g/mol. The number of hydrogen-bond donors (Lipinski definition) is 1. The van der Waals surface area contributed by atoms with Crippen molar-refractivity contribution in [1.29, 1.82) is 0 Å². The zero-order valence-corrected chi connectivity index (χ0v) is 23.6. The minimum Gasteiger partial charge on any atom is -0.378 e. The third kappa shape index (κ3) is 5.39. The summed E-state index contributed by atoms with van der Waals surface area (Å²) in [5.41, 5.74) is 8.86. The number of rotatable bonds is 5. The van der Waals surface area contributed by atoms with Crippen molar-refractivity contribution in [1.82, 2.24) is 14.8 Å². The molecule has 3 aliphatic heterocycles. The molecule has 39 heavy (non-hydrogen) atoms. The van der Waals surface area contributed by atoms with Crippen molar-refractivity contribution in [2.75, 3.05) is 45.9 Å². The molecular weight excluding hydrogens is 486 g/mol. The molecule has 1 unspecified atom stereocenters. The molecule has 6 rings (SSSR count). The number of piperidine rings is 1. The number of carbonyl (C=O) groups is 1. The Kier molecular flexibility index (Phi) is 7.54. The van der Waals surface area contributed by atoms with Crippen molar-refractivity contribution in [3.63, 3.8) is 0 Å². The van der Waals surface area contributed by atoms with Gasteiger partial charge in [0.05, 0.1) is 31.5 Å². The molecule has 2 aromatic rings. The second-order valence-electron chi connectivity index (χ2n) is 11.8. The molecule has 206 valence electrons. The highest BCUT2D eigenvalue weighted by atomic mass is 16.5. The van der Waals surface area contributed by atoms with E-state index in [0.29, 0.717) is 31.6 Å².